The molecule has 0 saturated carbocycles. The van der Waals surface area contributed by atoms with Crippen molar-refractivity contribution in [3.8, 4) is 17.6 Å². The van der Waals surface area contributed by atoms with Gasteiger partial charge in [0, 0.05) is 25.3 Å². The summed E-state index contributed by atoms with van der Waals surface area (Å²) in [6.45, 7) is 0.859. The van der Waals surface area contributed by atoms with Crippen LogP contribution in [0.3, 0.4) is 0 Å². The fraction of sp³-hybridized carbons (Fsp3) is 0.333. The Bertz CT molecular complexity index is 499. The maximum atomic E-state index is 8.52. The van der Waals surface area contributed by atoms with E-state index in [1.54, 1.807) is 0 Å². The summed E-state index contributed by atoms with van der Waals surface area (Å²) in [6.07, 6.45) is 0.444. The van der Waals surface area contributed by atoms with Gasteiger partial charge in [0.05, 0.1) is 12.5 Å². The number of fused-ring (bicyclic) bond motifs is 1. The molecule has 0 aliphatic carbocycles. The van der Waals surface area contributed by atoms with Crippen LogP contribution in [0.1, 0.15) is 6.42 Å². The summed E-state index contributed by atoms with van der Waals surface area (Å²) < 4.78 is 10.5. The SMILES string of the molecule is CN(CCC#N)C(=S)Nc1ccc2c(c1)OCO2. The van der Waals surface area contributed by atoms with Gasteiger partial charge in [-0.2, -0.15) is 5.26 Å². The minimum absolute atomic E-state index is 0.255. The number of nitrogens with zero attached hydrogens (tertiary/aromatic N) is 2. The van der Waals surface area contributed by atoms with Crippen molar-refractivity contribution in [1.29, 1.82) is 5.26 Å². The average molecular weight is 263 g/mol. The largest absolute Gasteiger partial charge is 0.454 e. The van der Waals surface area contributed by atoms with Gasteiger partial charge >= 0.3 is 0 Å². The Balaban J connectivity index is 1.97. The zero-order valence-corrected chi connectivity index (χ0v) is 10.8. The van der Waals surface area contributed by atoms with E-state index in [1.165, 1.54) is 0 Å². The molecular formula is C12H13N3O2S. The van der Waals surface area contributed by atoms with Crippen molar-refractivity contribution in [2.24, 2.45) is 0 Å². The lowest BCUT2D eigenvalue weighted by Gasteiger charge is -2.19. The van der Waals surface area contributed by atoms with Crippen molar-refractivity contribution in [2.45, 2.75) is 6.42 Å². The van der Waals surface area contributed by atoms with Gasteiger partial charge in [-0.25, -0.2) is 0 Å². The van der Waals surface area contributed by atoms with E-state index >= 15 is 0 Å². The summed E-state index contributed by atoms with van der Waals surface area (Å²) in [7, 11) is 1.85. The Morgan fingerprint density at radius 3 is 3.06 bits per heavy atom. The quantitative estimate of drug-likeness (QED) is 0.841. The number of thiocarbonyl (C=S) groups is 1. The lowest BCUT2D eigenvalue weighted by atomic mass is 10.3. The fourth-order valence-electron chi connectivity index (χ4n) is 1.51. The maximum Gasteiger partial charge on any atom is 0.231 e. The Hall–Kier alpha value is -2.00. The van der Waals surface area contributed by atoms with Crippen LogP contribution in [0.25, 0.3) is 0 Å². The third kappa shape index (κ3) is 2.81. The van der Waals surface area contributed by atoms with Gasteiger partial charge in [0.25, 0.3) is 0 Å². The molecular weight excluding hydrogens is 250 g/mol. The summed E-state index contributed by atoms with van der Waals surface area (Å²) in [5.74, 6) is 1.45. The highest BCUT2D eigenvalue weighted by Gasteiger charge is 2.14. The second-order valence-corrected chi connectivity index (χ2v) is 4.21. The monoisotopic (exact) mass is 263 g/mol. The zero-order chi connectivity index (χ0) is 13.0. The zero-order valence-electron chi connectivity index (χ0n) is 9.97. The molecule has 1 heterocycles. The molecule has 18 heavy (non-hydrogen) atoms. The number of hydrogen-bond acceptors (Lipinski definition) is 4. The topological polar surface area (TPSA) is 57.5 Å². The Kier molecular flexibility index (Phi) is 3.85. The highest BCUT2D eigenvalue weighted by atomic mass is 32.1. The van der Waals surface area contributed by atoms with Crippen molar-refractivity contribution in [3.63, 3.8) is 0 Å². The molecule has 1 aliphatic heterocycles. The molecule has 2 rings (SSSR count). The summed E-state index contributed by atoms with van der Waals surface area (Å²) in [4.78, 5) is 1.82. The highest BCUT2D eigenvalue weighted by molar-refractivity contribution is 7.80. The van der Waals surface area contributed by atoms with Crippen molar-refractivity contribution < 1.29 is 9.47 Å². The number of ether oxygens (including phenoxy) is 2. The van der Waals surface area contributed by atoms with Crippen LogP contribution in [0, 0.1) is 11.3 Å². The third-order valence-electron chi connectivity index (χ3n) is 2.53. The first-order valence-electron chi connectivity index (χ1n) is 5.49. The first-order chi connectivity index (χ1) is 8.70. The van der Waals surface area contributed by atoms with Gasteiger partial charge in [0.2, 0.25) is 6.79 Å². The number of hydrogen-bond donors (Lipinski definition) is 1. The molecule has 0 amide bonds. The van der Waals surface area contributed by atoms with Crippen LogP contribution in [0.4, 0.5) is 5.69 Å². The normalized spacial score (nSPS) is 11.8. The Morgan fingerprint density at radius 2 is 2.28 bits per heavy atom. The van der Waals surface area contributed by atoms with E-state index in [-0.39, 0.29) is 6.79 Å². The van der Waals surface area contributed by atoms with Gasteiger partial charge in [0.1, 0.15) is 0 Å². The van der Waals surface area contributed by atoms with Crippen LogP contribution < -0.4 is 14.8 Å². The van der Waals surface area contributed by atoms with Crippen LogP contribution >= 0.6 is 12.2 Å². The minimum Gasteiger partial charge on any atom is -0.454 e. The summed E-state index contributed by atoms with van der Waals surface area (Å²) in [5, 5.41) is 12.2. The van der Waals surface area contributed by atoms with Gasteiger partial charge < -0.3 is 19.7 Å². The second kappa shape index (κ2) is 5.56. The lowest BCUT2D eigenvalue weighted by Crippen LogP contribution is -2.31. The molecule has 5 nitrogen and oxygen atoms in total. The maximum absolute atomic E-state index is 8.52. The van der Waals surface area contributed by atoms with Crippen LogP contribution in [-0.2, 0) is 0 Å². The van der Waals surface area contributed by atoms with Gasteiger partial charge in [-0.1, -0.05) is 0 Å². The number of nitriles is 1. The molecule has 0 fully saturated rings. The van der Waals surface area contributed by atoms with E-state index < -0.39 is 0 Å². The lowest BCUT2D eigenvalue weighted by molar-refractivity contribution is 0.174. The molecule has 0 aromatic heterocycles. The molecule has 94 valence electrons. The van der Waals surface area contributed by atoms with E-state index in [2.05, 4.69) is 11.4 Å². The predicted octanol–water partition coefficient (Wildman–Crippen LogP) is 1.96. The smallest absolute Gasteiger partial charge is 0.231 e. The fourth-order valence-corrected chi connectivity index (χ4v) is 1.72. The summed E-state index contributed by atoms with van der Waals surface area (Å²) in [5.41, 5.74) is 0.841. The van der Waals surface area contributed by atoms with E-state index in [9.17, 15) is 0 Å². The van der Waals surface area contributed by atoms with Gasteiger partial charge in [0.15, 0.2) is 16.6 Å². The van der Waals surface area contributed by atoms with Crippen molar-refractivity contribution in [2.75, 3.05) is 25.7 Å². The molecule has 1 aromatic carbocycles. The number of nitrogens with one attached hydrogen (secondary N) is 1. The van der Waals surface area contributed by atoms with E-state index in [0.717, 1.165) is 11.4 Å². The van der Waals surface area contributed by atoms with Crippen LogP contribution in [0.2, 0.25) is 0 Å². The first kappa shape index (κ1) is 12.5. The molecule has 0 atom stereocenters. The van der Waals surface area contributed by atoms with E-state index in [0.29, 0.717) is 23.8 Å². The molecule has 1 aromatic rings. The van der Waals surface area contributed by atoms with Gasteiger partial charge in [-0.3, -0.25) is 0 Å². The summed E-state index contributed by atoms with van der Waals surface area (Å²) in [6, 6.07) is 7.63. The second-order valence-electron chi connectivity index (χ2n) is 3.83. The number of benzene rings is 1. The van der Waals surface area contributed by atoms with Gasteiger partial charge in [-0.05, 0) is 24.4 Å². The van der Waals surface area contributed by atoms with Crippen molar-refractivity contribution in [1.82, 2.24) is 4.90 Å². The Morgan fingerprint density at radius 1 is 1.50 bits per heavy atom. The predicted molar refractivity (Wildman–Crippen MR) is 71.6 cm³/mol. The molecule has 0 bridgehead atoms. The van der Waals surface area contributed by atoms with Crippen molar-refractivity contribution >= 4 is 23.0 Å². The number of anilines is 1. The van der Waals surface area contributed by atoms with Crippen molar-refractivity contribution in [3.05, 3.63) is 18.2 Å². The molecule has 0 unspecified atom stereocenters. The van der Waals surface area contributed by atoms with E-state index in [1.807, 2.05) is 30.1 Å². The highest BCUT2D eigenvalue weighted by Crippen LogP contribution is 2.34. The number of rotatable bonds is 3. The molecule has 6 heteroatoms. The minimum atomic E-state index is 0.255. The van der Waals surface area contributed by atoms with Crippen LogP contribution in [-0.4, -0.2) is 30.4 Å². The standard InChI is InChI=1S/C12H13N3O2S/c1-15(6-2-5-13)12(18)14-9-3-4-10-11(7-9)17-8-16-10/h3-4,7H,2,6,8H2,1H3,(H,14,18). The first-order valence-corrected chi connectivity index (χ1v) is 5.90. The molecule has 1 N–H and O–H groups in total. The summed E-state index contributed by atoms with van der Waals surface area (Å²) >= 11 is 5.23. The van der Waals surface area contributed by atoms with Gasteiger partial charge in [-0.15, -0.1) is 0 Å². The van der Waals surface area contributed by atoms with Crippen LogP contribution in [0.5, 0.6) is 11.5 Å². The van der Waals surface area contributed by atoms with Crippen LogP contribution in [0.15, 0.2) is 18.2 Å². The molecule has 0 spiro atoms. The average Bonchev–Trinajstić information content (AvgIpc) is 2.83. The third-order valence-corrected chi connectivity index (χ3v) is 2.94. The molecule has 0 saturated heterocycles. The van der Waals surface area contributed by atoms with E-state index in [4.69, 9.17) is 27.0 Å². The molecule has 0 radical (unpaired) electrons. The molecule has 1 aliphatic rings. The Labute approximate surface area is 111 Å².